The highest BCUT2D eigenvalue weighted by atomic mass is 15.0. The van der Waals surface area contributed by atoms with Crippen LogP contribution < -0.4 is 10.6 Å². The summed E-state index contributed by atoms with van der Waals surface area (Å²) in [5, 5.41) is 7.18. The smallest absolute Gasteiger partial charge is 0.121 e. The van der Waals surface area contributed by atoms with Crippen molar-refractivity contribution in [3.63, 3.8) is 0 Å². The summed E-state index contributed by atoms with van der Waals surface area (Å²) in [4.78, 5) is 7.96. The van der Waals surface area contributed by atoms with Gasteiger partial charge in [-0.15, -0.1) is 0 Å². The number of aromatic nitrogens is 2. The molecule has 1 fully saturated rings. The van der Waals surface area contributed by atoms with Crippen LogP contribution in [0.4, 0.5) is 0 Å². The Bertz CT molecular complexity index is 509. The van der Waals surface area contributed by atoms with Crippen molar-refractivity contribution in [3.8, 4) is 0 Å². The zero-order chi connectivity index (χ0) is 13.8. The molecule has 1 aliphatic rings. The van der Waals surface area contributed by atoms with Gasteiger partial charge < -0.3 is 15.6 Å². The van der Waals surface area contributed by atoms with Crippen LogP contribution in [0.1, 0.15) is 38.4 Å². The summed E-state index contributed by atoms with van der Waals surface area (Å²) in [6.07, 6.45) is 5.21. The molecule has 4 nitrogen and oxygen atoms in total. The van der Waals surface area contributed by atoms with Crippen LogP contribution in [0.25, 0.3) is 11.0 Å². The van der Waals surface area contributed by atoms with Gasteiger partial charge in [0.2, 0.25) is 0 Å². The van der Waals surface area contributed by atoms with Gasteiger partial charge in [0.25, 0.3) is 0 Å². The third-order valence-corrected chi connectivity index (χ3v) is 4.11. The number of nitrogens with zero attached hydrogens (tertiary/aromatic N) is 1. The van der Waals surface area contributed by atoms with Crippen molar-refractivity contribution < 1.29 is 0 Å². The number of benzene rings is 1. The first-order valence-corrected chi connectivity index (χ1v) is 7.71. The van der Waals surface area contributed by atoms with Crippen LogP contribution >= 0.6 is 0 Å². The van der Waals surface area contributed by atoms with Crippen molar-refractivity contribution in [3.05, 3.63) is 30.1 Å². The summed E-state index contributed by atoms with van der Waals surface area (Å²) in [6, 6.07) is 9.37. The summed E-state index contributed by atoms with van der Waals surface area (Å²) >= 11 is 0. The van der Waals surface area contributed by atoms with E-state index in [1.165, 1.54) is 32.2 Å². The maximum absolute atomic E-state index is 4.60. The molecule has 1 aromatic heterocycles. The molecule has 1 aliphatic heterocycles. The summed E-state index contributed by atoms with van der Waals surface area (Å²) in [5.74, 6) is 1.02. The van der Waals surface area contributed by atoms with Crippen LogP contribution in [0.15, 0.2) is 24.3 Å². The Hall–Kier alpha value is -1.39. The molecule has 1 saturated heterocycles. The van der Waals surface area contributed by atoms with Crippen LogP contribution in [-0.4, -0.2) is 28.6 Å². The minimum absolute atomic E-state index is 0.513. The quantitative estimate of drug-likeness (QED) is 0.784. The molecule has 3 rings (SSSR count). The predicted octanol–water partition coefficient (Wildman–Crippen LogP) is 2.57. The van der Waals surface area contributed by atoms with Crippen molar-refractivity contribution in [1.82, 2.24) is 20.6 Å². The van der Waals surface area contributed by atoms with Gasteiger partial charge in [-0.1, -0.05) is 18.6 Å². The zero-order valence-corrected chi connectivity index (χ0v) is 12.2. The van der Waals surface area contributed by atoms with E-state index in [2.05, 4.69) is 33.6 Å². The van der Waals surface area contributed by atoms with E-state index in [0.29, 0.717) is 12.1 Å². The molecular weight excluding hydrogens is 248 g/mol. The van der Waals surface area contributed by atoms with Crippen molar-refractivity contribution >= 4 is 11.0 Å². The fraction of sp³-hybridized carbons (Fsp3) is 0.562. The summed E-state index contributed by atoms with van der Waals surface area (Å²) in [5.41, 5.74) is 2.16. The Kier molecular flexibility index (Phi) is 4.33. The third kappa shape index (κ3) is 3.38. The Morgan fingerprint density at radius 1 is 1.35 bits per heavy atom. The second-order valence-corrected chi connectivity index (χ2v) is 5.87. The number of aromatic amines is 1. The van der Waals surface area contributed by atoms with Gasteiger partial charge in [-0.25, -0.2) is 4.98 Å². The number of nitrogens with one attached hydrogen (secondary N) is 3. The van der Waals surface area contributed by atoms with Crippen molar-refractivity contribution in [2.45, 2.75) is 51.2 Å². The summed E-state index contributed by atoms with van der Waals surface area (Å²) in [6.45, 7) is 4.25. The number of rotatable bonds is 5. The third-order valence-electron chi connectivity index (χ3n) is 4.11. The maximum Gasteiger partial charge on any atom is 0.121 e. The van der Waals surface area contributed by atoms with Crippen LogP contribution in [0.5, 0.6) is 0 Å². The lowest BCUT2D eigenvalue weighted by Crippen LogP contribution is -2.39. The van der Waals surface area contributed by atoms with Crippen molar-refractivity contribution in [2.24, 2.45) is 0 Å². The van der Waals surface area contributed by atoms with Gasteiger partial charge >= 0.3 is 0 Å². The second-order valence-electron chi connectivity index (χ2n) is 5.87. The van der Waals surface area contributed by atoms with E-state index in [1.54, 1.807) is 0 Å². The normalized spacial score (nSPS) is 21.1. The highest BCUT2D eigenvalue weighted by molar-refractivity contribution is 5.74. The lowest BCUT2D eigenvalue weighted by atomic mass is 9.99. The zero-order valence-electron chi connectivity index (χ0n) is 12.2. The van der Waals surface area contributed by atoms with Crippen LogP contribution in [0.2, 0.25) is 0 Å². The van der Waals surface area contributed by atoms with E-state index in [-0.39, 0.29) is 0 Å². The van der Waals surface area contributed by atoms with Gasteiger partial charge in [-0.2, -0.15) is 0 Å². The summed E-state index contributed by atoms with van der Waals surface area (Å²) in [7, 11) is 0. The lowest BCUT2D eigenvalue weighted by Gasteiger charge is -2.26. The first kappa shape index (κ1) is 13.6. The Morgan fingerprint density at radius 3 is 3.05 bits per heavy atom. The average Bonchev–Trinajstić information content (AvgIpc) is 2.89. The molecule has 2 aromatic rings. The van der Waals surface area contributed by atoms with Gasteiger partial charge in [0.15, 0.2) is 0 Å². The lowest BCUT2D eigenvalue weighted by molar-refractivity contribution is 0.343. The van der Waals surface area contributed by atoms with E-state index >= 15 is 0 Å². The molecule has 0 saturated carbocycles. The van der Waals surface area contributed by atoms with E-state index in [4.69, 9.17) is 0 Å². The highest BCUT2D eigenvalue weighted by Gasteiger charge is 2.15. The molecule has 0 amide bonds. The number of H-pyrrole nitrogens is 1. The van der Waals surface area contributed by atoms with Gasteiger partial charge in [-0.3, -0.25) is 0 Å². The Balaban J connectivity index is 1.50. The molecule has 4 heteroatoms. The van der Waals surface area contributed by atoms with E-state index in [1.807, 2.05) is 18.2 Å². The number of fused-ring (bicyclic) bond motifs is 1. The van der Waals surface area contributed by atoms with Crippen molar-refractivity contribution in [2.75, 3.05) is 6.54 Å². The standard InChI is InChI=1S/C16H24N4/c1-12(10-13-6-4-5-9-17-13)18-11-16-19-14-7-2-3-8-15(14)20-16/h2-3,7-8,12-13,17-18H,4-6,9-11H2,1H3,(H,19,20). The molecule has 0 aliphatic carbocycles. The largest absolute Gasteiger partial charge is 0.341 e. The van der Waals surface area contributed by atoms with Crippen LogP contribution in [-0.2, 0) is 6.54 Å². The first-order valence-electron chi connectivity index (χ1n) is 7.71. The average molecular weight is 272 g/mol. The second kappa shape index (κ2) is 6.37. The molecule has 0 bridgehead atoms. The molecular formula is C16H24N4. The van der Waals surface area contributed by atoms with E-state index in [9.17, 15) is 0 Å². The molecule has 108 valence electrons. The minimum atomic E-state index is 0.513. The number of hydrogen-bond acceptors (Lipinski definition) is 3. The maximum atomic E-state index is 4.60. The molecule has 2 atom stereocenters. The number of hydrogen-bond donors (Lipinski definition) is 3. The molecule has 20 heavy (non-hydrogen) atoms. The molecule has 0 radical (unpaired) electrons. The topological polar surface area (TPSA) is 52.7 Å². The van der Waals surface area contributed by atoms with E-state index in [0.717, 1.165) is 23.4 Å². The molecule has 2 unspecified atom stereocenters. The van der Waals surface area contributed by atoms with Gasteiger partial charge in [0, 0.05) is 12.1 Å². The Morgan fingerprint density at radius 2 is 2.25 bits per heavy atom. The number of piperidine rings is 1. The van der Waals surface area contributed by atoms with Gasteiger partial charge in [0.1, 0.15) is 5.82 Å². The molecule has 2 heterocycles. The fourth-order valence-electron chi connectivity index (χ4n) is 3.00. The van der Waals surface area contributed by atoms with Crippen LogP contribution in [0.3, 0.4) is 0 Å². The summed E-state index contributed by atoms with van der Waals surface area (Å²) < 4.78 is 0. The molecule has 0 spiro atoms. The SMILES string of the molecule is CC(CC1CCCCN1)NCc1nc2ccccc2[nH]1. The fourth-order valence-corrected chi connectivity index (χ4v) is 3.00. The first-order chi connectivity index (χ1) is 9.81. The monoisotopic (exact) mass is 272 g/mol. The van der Waals surface area contributed by atoms with Crippen LogP contribution in [0, 0.1) is 0 Å². The molecule has 1 aromatic carbocycles. The number of para-hydroxylation sites is 2. The predicted molar refractivity (Wildman–Crippen MR) is 82.7 cm³/mol. The highest BCUT2D eigenvalue weighted by Crippen LogP contribution is 2.13. The van der Waals surface area contributed by atoms with Gasteiger partial charge in [0.05, 0.1) is 17.6 Å². The Labute approximate surface area is 120 Å². The van der Waals surface area contributed by atoms with Crippen molar-refractivity contribution in [1.29, 1.82) is 0 Å². The number of imidazole rings is 1. The minimum Gasteiger partial charge on any atom is -0.341 e. The molecule has 3 N–H and O–H groups in total. The van der Waals surface area contributed by atoms with E-state index < -0.39 is 0 Å². The van der Waals surface area contributed by atoms with Gasteiger partial charge in [-0.05, 0) is 44.9 Å².